The Balaban J connectivity index is 4.13. The zero-order chi connectivity index (χ0) is 21.7. The molecule has 0 saturated carbocycles. The minimum atomic E-state index is -2.59. The predicted octanol–water partition coefficient (Wildman–Crippen LogP) is 5.29. The van der Waals surface area contributed by atoms with Gasteiger partial charge in [0, 0.05) is 6.42 Å². The summed E-state index contributed by atoms with van der Waals surface area (Å²) in [6.07, 6.45) is 13.0. The van der Waals surface area contributed by atoms with Crippen LogP contribution in [-0.4, -0.2) is 31.3 Å². The average molecular weight is 433 g/mol. The van der Waals surface area contributed by atoms with Crippen molar-refractivity contribution in [3.8, 4) is 0 Å². The first-order chi connectivity index (χ1) is 14.0. The van der Waals surface area contributed by atoms with E-state index in [1.165, 1.54) is 38.5 Å². The fourth-order valence-corrected chi connectivity index (χ4v) is 3.59. The molecule has 0 aromatic rings. The van der Waals surface area contributed by atoms with Crippen molar-refractivity contribution in [1.82, 2.24) is 0 Å². The number of rotatable bonds is 20. The summed E-state index contributed by atoms with van der Waals surface area (Å²) in [4.78, 5) is 35.2. The van der Waals surface area contributed by atoms with Gasteiger partial charge in [-0.05, 0) is 12.8 Å². The van der Waals surface area contributed by atoms with E-state index in [-0.39, 0.29) is 19.0 Å². The van der Waals surface area contributed by atoms with Crippen LogP contribution < -0.4 is 4.89 Å². The van der Waals surface area contributed by atoms with Crippen molar-refractivity contribution < 1.29 is 28.5 Å². The first kappa shape index (κ1) is 28.0. The summed E-state index contributed by atoms with van der Waals surface area (Å²) in [6, 6.07) is 0. The maximum atomic E-state index is 12.3. The molecule has 0 rings (SSSR count). The third kappa shape index (κ3) is 18.8. The maximum absolute atomic E-state index is 12.3. The number of carbonyl (C=O) groups is 2. The highest BCUT2D eigenvalue weighted by atomic mass is 31.1. The SMILES string of the molecule is CCCCCCCCOC(=O)CC(CC[P+](=O)[O-])C(=O)OCCCCCCCC. The first-order valence-electron chi connectivity index (χ1n) is 11.4. The van der Waals surface area contributed by atoms with Crippen LogP contribution in [0.4, 0.5) is 0 Å². The Kier molecular flexibility index (Phi) is 19.6. The summed E-state index contributed by atoms with van der Waals surface area (Å²) in [5.74, 6) is -1.70. The molecule has 2 unspecified atom stereocenters. The average Bonchev–Trinajstić information content (AvgIpc) is 2.69. The van der Waals surface area contributed by atoms with Crippen molar-refractivity contribution in [3.05, 3.63) is 0 Å². The van der Waals surface area contributed by atoms with Crippen LogP contribution in [0.2, 0.25) is 0 Å². The number of hydrogen-bond acceptors (Lipinski definition) is 6. The van der Waals surface area contributed by atoms with E-state index >= 15 is 0 Å². The Morgan fingerprint density at radius 1 is 0.793 bits per heavy atom. The molecular formula is C22H41O6P. The molecule has 0 radical (unpaired) electrons. The van der Waals surface area contributed by atoms with Crippen LogP contribution in [0.1, 0.15) is 104 Å². The van der Waals surface area contributed by atoms with E-state index in [0.29, 0.717) is 13.2 Å². The van der Waals surface area contributed by atoms with Crippen molar-refractivity contribution in [2.24, 2.45) is 5.92 Å². The van der Waals surface area contributed by atoms with Crippen molar-refractivity contribution in [2.75, 3.05) is 19.4 Å². The molecule has 2 atom stereocenters. The zero-order valence-corrected chi connectivity index (χ0v) is 19.4. The predicted molar refractivity (Wildman–Crippen MR) is 114 cm³/mol. The van der Waals surface area contributed by atoms with Gasteiger partial charge in [-0.15, -0.1) is 0 Å². The number of carbonyl (C=O) groups excluding carboxylic acids is 2. The van der Waals surface area contributed by atoms with E-state index in [0.717, 1.165) is 38.5 Å². The van der Waals surface area contributed by atoms with Crippen LogP contribution in [0.3, 0.4) is 0 Å². The van der Waals surface area contributed by atoms with Gasteiger partial charge in [0.05, 0.1) is 25.6 Å². The van der Waals surface area contributed by atoms with Crippen LogP contribution in [0.15, 0.2) is 0 Å². The van der Waals surface area contributed by atoms with Gasteiger partial charge in [-0.2, -0.15) is 0 Å². The molecule has 0 aliphatic carbocycles. The second-order valence-electron chi connectivity index (χ2n) is 7.67. The molecule has 0 N–H and O–H groups in total. The summed E-state index contributed by atoms with van der Waals surface area (Å²) in [5.41, 5.74) is 0. The van der Waals surface area contributed by atoms with E-state index in [9.17, 15) is 19.0 Å². The van der Waals surface area contributed by atoms with Crippen LogP contribution in [0.5, 0.6) is 0 Å². The van der Waals surface area contributed by atoms with Crippen molar-refractivity contribution >= 4 is 20.0 Å². The molecule has 170 valence electrons. The van der Waals surface area contributed by atoms with Gasteiger partial charge in [-0.3, -0.25) is 9.59 Å². The summed E-state index contributed by atoms with van der Waals surface area (Å²) in [5, 5.41) is 0. The highest BCUT2D eigenvalue weighted by Gasteiger charge is 2.26. The second kappa shape index (κ2) is 20.3. The molecule has 7 heteroatoms. The van der Waals surface area contributed by atoms with Crippen LogP contribution in [-0.2, 0) is 23.6 Å². The molecule has 0 aliphatic heterocycles. The molecule has 0 aromatic carbocycles. The highest BCUT2D eigenvalue weighted by Crippen LogP contribution is 2.19. The van der Waals surface area contributed by atoms with Crippen molar-refractivity contribution in [2.45, 2.75) is 104 Å². The zero-order valence-electron chi connectivity index (χ0n) is 18.5. The van der Waals surface area contributed by atoms with E-state index in [1.807, 2.05) is 0 Å². The summed E-state index contributed by atoms with van der Waals surface area (Å²) >= 11 is 0. The quantitative estimate of drug-likeness (QED) is 0.147. The molecular weight excluding hydrogens is 391 g/mol. The van der Waals surface area contributed by atoms with Gasteiger partial charge in [-0.1, -0.05) is 82.6 Å². The lowest BCUT2D eigenvalue weighted by molar-refractivity contribution is -0.165. The van der Waals surface area contributed by atoms with Gasteiger partial charge in [0.15, 0.2) is 0 Å². The van der Waals surface area contributed by atoms with Crippen molar-refractivity contribution in [1.29, 1.82) is 0 Å². The summed E-state index contributed by atoms with van der Waals surface area (Å²) < 4.78 is 21.4. The first-order valence-corrected chi connectivity index (χ1v) is 12.8. The second-order valence-corrected chi connectivity index (χ2v) is 8.78. The lowest BCUT2D eigenvalue weighted by Crippen LogP contribution is -2.23. The van der Waals surface area contributed by atoms with Gasteiger partial charge in [-0.25, -0.2) is 0 Å². The third-order valence-corrected chi connectivity index (χ3v) is 5.53. The fourth-order valence-electron chi connectivity index (χ4n) is 3.07. The lowest BCUT2D eigenvalue weighted by Gasteiger charge is -2.14. The molecule has 0 spiro atoms. The molecule has 0 bridgehead atoms. The molecule has 0 aromatic heterocycles. The largest absolute Gasteiger partial charge is 0.596 e. The van der Waals surface area contributed by atoms with E-state index in [2.05, 4.69) is 13.8 Å². The van der Waals surface area contributed by atoms with Crippen LogP contribution >= 0.6 is 8.03 Å². The lowest BCUT2D eigenvalue weighted by atomic mass is 10.0. The molecule has 29 heavy (non-hydrogen) atoms. The Labute approximate surface area is 178 Å². The summed E-state index contributed by atoms with van der Waals surface area (Å²) in [7, 11) is -2.59. The molecule has 0 amide bonds. The Morgan fingerprint density at radius 2 is 1.28 bits per heavy atom. The fraction of sp³-hybridized carbons (Fsp3) is 0.909. The molecule has 0 fully saturated rings. The van der Waals surface area contributed by atoms with Gasteiger partial charge < -0.3 is 14.4 Å². The molecule has 0 aliphatic rings. The highest BCUT2D eigenvalue weighted by molar-refractivity contribution is 7.36. The third-order valence-electron chi connectivity index (χ3n) is 4.91. The molecule has 6 nitrogen and oxygen atoms in total. The van der Waals surface area contributed by atoms with Crippen LogP contribution in [0, 0.1) is 5.92 Å². The smallest absolute Gasteiger partial charge is 0.309 e. The Bertz CT molecular complexity index is 441. The number of unbranched alkanes of at least 4 members (excludes halogenated alkanes) is 10. The molecule has 0 saturated heterocycles. The Hall–Kier alpha value is -1.00. The standard InChI is InChI=1S/C22H41O6P/c1-3-5-7-9-11-13-16-27-21(23)19-20(15-18-29(25)26)22(24)28-17-14-12-10-8-6-4-2/h20H,3-19H2,1-2H3. The Morgan fingerprint density at radius 3 is 1.79 bits per heavy atom. The van der Waals surface area contributed by atoms with Gasteiger partial charge in [0.2, 0.25) is 0 Å². The van der Waals surface area contributed by atoms with E-state index < -0.39 is 25.9 Å². The monoisotopic (exact) mass is 432 g/mol. The maximum Gasteiger partial charge on any atom is 0.309 e. The van der Waals surface area contributed by atoms with E-state index in [4.69, 9.17) is 9.47 Å². The summed E-state index contributed by atoms with van der Waals surface area (Å²) in [6.45, 7) is 4.99. The number of esters is 2. The van der Waals surface area contributed by atoms with Crippen molar-refractivity contribution in [3.63, 3.8) is 0 Å². The number of ether oxygens (including phenoxy) is 2. The molecule has 0 heterocycles. The van der Waals surface area contributed by atoms with Gasteiger partial charge >= 0.3 is 20.0 Å². The van der Waals surface area contributed by atoms with Crippen LogP contribution in [0.25, 0.3) is 0 Å². The number of hydrogen-bond donors (Lipinski definition) is 0. The van der Waals surface area contributed by atoms with Gasteiger partial charge in [0.25, 0.3) is 0 Å². The van der Waals surface area contributed by atoms with Gasteiger partial charge in [0.1, 0.15) is 6.16 Å². The normalized spacial score (nSPS) is 12.4. The minimum Gasteiger partial charge on any atom is -0.596 e. The minimum absolute atomic E-state index is 0.0974. The van der Waals surface area contributed by atoms with E-state index in [1.54, 1.807) is 0 Å². The topological polar surface area (TPSA) is 92.7 Å².